The van der Waals surface area contributed by atoms with Crippen molar-refractivity contribution >= 4 is 19.7 Å². The lowest BCUT2D eigenvalue weighted by molar-refractivity contribution is -0.870. The summed E-state index contributed by atoms with van der Waals surface area (Å²) in [6, 6.07) is -0.887. The van der Waals surface area contributed by atoms with Crippen LogP contribution in [0.25, 0.3) is 0 Å². The molecule has 0 saturated carbocycles. The van der Waals surface area contributed by atoms with Crippen molar-refractivity contribution in [2.24, 2.45) is 0 Å². The van der Waals surface area contributed by atoms with Gasteiger partial charge in [0.15, 0.2) is 0 Å². The van der Waals surface area contributed by atoms with Gasteiger partial charge in [-0.2, -0.15) is 0 Å². The predicted octanol–water partition coefficient (Wildman–Crippen LogP) is 21.2. The van der Waals surface area contributed by atoms with Gasteiger partial charge in [0.05, 0.1) is 33.8 Å². The molecule has 0 fully saturated rings. The molecular formula is C70H135N2O7P. The van der Waals surface area contributed by atoms with Crippen LogP contribution in [-0.2, 0) is 27.9 Å². The normalized spacial score (nSPS) is 13.7. The SMILES string of the molecule is CCCCCC/C=C\CCCCCCCCCC(=O)NC(COP(=O)([O-])OCC[N+](C)(C)C)C(/C=C\CCCCCCCCCCCC)OC(=O)CCCCCCCCCCCCCCCCCCC/C=C/CCCCCCCC. The largest absolute Gasteiger partial charge is 0.756 e. The number of phosphoric acid groups is 1. The second-order valence-corrected chi connectivity index (χ2v) is 26.4. The van der Waals surface area contributed by atoms with Crippen molar-refractivity contribution in [2.75, 3.05) is 40.9 Å². The minimum absolute atomic E-state index is 0.0206. The number of carbonyl (C=O) groups is 2. The van der Waals surface area contributed by atoms with Crippen molar-refractivity contribution in [2.45, 2.75) is 360 Å². The molecule has 9 nitrogen and oxygen atoms in total. The number of hydrogen-bond acceptors (Lipinski definition) is 7. The van der Waals surface area contributed by atoms with Crippen LogP contribution in [0, 0.1) is 0 Å². The quantitative estimate of drug-likeness (QED) is 0.0212. The number of hydrogen-bond donors (Lipinski definition) is 1. The number of phosphoric ester groups is 1. The van der Waals surface area contributed by atoms with Crippen molar-refractivity contribution in [3.05, 3.63) is 36.5 Å². The van der Waals surface area contributed by atoms with Crippen LogP contribution < -0.4 is 10.2 Å². The highest BCUT2D eigenvalue weighted by Gasteiger charge is 2.27. The lowest BCUT2D eigenvalue weighted by Crippen LogP contribution is -2.47. The molecule has 1 N–H and O–H groups in total. The standard InChI is InChI=1S/C70H135N2O7P/c1-7-10-13-16-19-22-25-28-30-31-32-33-34-35-36-37-38-39-40-41-43-45-48-51-54-57-60-63-70(74)79-68(61-58-55-52-49-46-27-24-21-18-15-12-9-3)67(66-78-80(75,76)77-65-64-72(4,5)6)71-69(73)62-59-56-53-50-47-44-42-29-26-23-20-17-14-11-8-2/h23,26,28,30,58,61,67-68H,7-22,24-25,27,29,31-57,59-60,62-66H2,1-6H3,(H-,71,73,75,76)/b26-23-,30-28+,61-58-. The average Bonchev–Trinajstić information content (AvgIpc) is 3.42. The fourth-order valence-electron chi connectivity index (χ4n) is 10.4. The summed E-state index contributed by atoms with van der Waals surface area (Å²) in [5.41, 5.74) is 0. The zero-order valence-corrected chi connectivity index (χ0v) is 54.9. The zero-order valence-electron chi connectivity index (χ0n) is 54.1. The third-order valence-electron chi connectivity index (χ3n) is 15.8. The van der Waals surface area contributed by atoms with Gasteiger partial charge in [-0.25, -0.2) is 0 Å². The predicted molar refractivity (Wildman–Crippen MR) is 344 cm³/mol. The van der Waals surface area contributed by atoms with Gasteiger partial charge in [-0.1, -0.05) is 289 Å². The molecule has 0 aliphatic carbocycles. The topological polar surface area (TPSA) is 114 Å². The molecule has 80 heavy (non-hydrogen) atoms. The summed E-state index contributed by atoms with van der Waals surface area (Å²) in [7, 11) is 1.20. The van der Waals surface area contributed by atoms with Crippen molar-refractivity contribution in [3.63, 3.8) is 0 Å². The fourth-order valence-corrected chi connectivity index (χ4v) is 11.1. The maximum atomic E-state index is 13.5. The van der Waals surface area contributed by atoms with Crippen LogP contribution in [0.1, 0.15) is 348 Å². The van der Waals surface area contributed by atoms with E-state index in [1.807, 2.05) is 33.3 Å². The Hall–Kier alpha value is -1.77. The molecule has 0 aromatic heterocycles. The van der Waals surface area contributed by atoms with E-state index in [4.69, 9.17) is 13.8 Å². The molecular weight excluding hydrogens is 1010 g/mol. The molecule has 1 amide bonds. The number of allylic oxidation sites excluding steroid dienone is 5. The number of carbonyl (C=O) groups excluding carboxylic acids is 2. The molecule has 0 rings (SSSR count). The molecule has 3 atom stereocenters. The molecule has 0 saturated heterocycles. The number of nitrogens with one attached hydrogen (secondary N) is 1. The van der Waals surface area contributed by atoms with Crippen molar-refractivity contribution in [1.29, 1.82) is 0 Å². The number of quaternary nitrogens is 1. The molecule has 0 aliphatic rings. The third kappa shape index (κ3) is 60.8. The maximum absolute atomic E-state index is 13.5. The number of ether oxygens (including phenoxy) is 1. The Morgan fingerprint density at radius 1 is 0.425 bits per heavy atom. The highest BCUT2D eigenvalue weighted by molar-refractivity contribution is 7.45. The van der Waals surface area contributed by atoms with Crippen LogP contribution in [0.15, 0.2) is 36.5 Å². The summed E-state index contributed by atoms with van der Waals surface area (Å²) in [6.07, 6.45) is 74.1. The summed E-state index contributed by atoms with van der Waals surface area (Å²) in [4.78, 5) is 40.1. The van der Waals surface area contributed by atoms with E-state index in [1.54, 1.807) is 0 Å². The molecule has 472 valence electrons. The molecule has 0 aromatic carbocycles. The summed E-state index contributed by atoms with van der Waals surface area (Å²) in [6.45, 7) is 6.87. The van der Waals surface area contributed by atoms with Gasteiger partial charge < -0.3 is 28.5 Å². The lowest BCUT2D eigenvalue weighted by Gasteiger charge is -2.30. The minimum atomic E-state index is -4.70. The van der Waals surface area contributed by atoms with Gasteiger partial charge in [-0.05, 0) is 83.1 Å². The van der Waals surface area contributed by atoms with Crippen LogP contribution in [0.4, 0.5) is 0 Å². The maximum Gasteiger partial charge on any atom is 0.306 e. The van der Waals surface area contributed by atoms with E-state index >= 15 is 0 Å². The summed E-state index contributed by atoms with van der Waals surface area (Å²) < 4.78 is 30.4. The molecule has 0 radical (unpaired) electrons. The molecule has 0 spiro atoms. The van der Waals surface area contributed by atoms with Gasteiger partial charge in [-0.3, -0.25) is 14.2 Å². The highest BCUT2D eigenvalue weighted by Crippen LogP contribution is 2.38. The Bertz CT molecular complexity index is 1460. The van der Waals surface area contributed by atoms with Gasteiger partial charge in [0.2, 0.25) is 5.91 Å². The fraction of sp³-hybridized carbons (Fsp3) is 0.886. The van der Waals surface area contributed by atoms with Crippen LogP contribution in [0.3, 0.4) is 0 Å². The Morgan fingerprint density at radius 2 is 0.725 bits per heavy atom. The Morgan fingerprint density at radius 3 is 1.07 bits per heavy atom. The number of nitrogens with zero attached hydrogens (tertiary/aromatic N) is 1. The third-order valence-corrected chi connectivity index (χ3v) is 16.8. The second kappa shape index (κ2) is 60.4. The molecule has 0 aromatic rings. The first-order valence-electron chi connectivity index (χ1n) is 34.8. The van der Waals surface area contributed by atoms with Gasteiger partial charge in [0.25, 0.3) is 7.82 Å². The van der Waals surface area contributed by atoms with E-state index in [0.717, 1.165) is 70.6 Å². The second-order valence-electron chi connectivity index (χ2n) is 25.0. The van der Waals surface area contributed by atoms with E-state index in [9.17, 15) is 19.0 Å². The Balaban J connectivity index is 4.98. The van der Waals surface area contributed by atoms with E-state index in [0.29, 0.717) is 17.4 Å². The highest BCUT2D eigenvalue weighted by atomic mass is 31.2. The Kier molecular flexibility index (Phi) is 59.0. The molecule has 0 bridgehead atoms. The first-order valence-corrected chi connectivity index (χ1v) is 36.3. The molecule has 0 heterocycles. The van der Waals surface area contributed by atoms with E-state index in [2.05, 4.69) is 50.4 Å². The number of likely N-dealkylation sites (N-methyl/N-ethyl adjacent to an activating group) is 1. The van der Waals surface area contributed by atoms with Crippen LogP contribution in [-0.4, -0.2) is 69.4 Å². The summed E-state index contributed by atoms with van der Waals surface area (Å²) >= 11 is 0. The molecule has 3 unspecified atom stereocenters. The van der Waals surface area contributed by atoms with Gasteiger partial charge in [0, 0.05) is 12.8 Å². The number of rotatable bonds is 64. The number of amides is 1. The van der Waals surface area contributed by atoms with Gasteiger partial charge in [-0.15, -0.1) is 0 Å². The smallest absolute Gasteiger partial charge is 0.306 e. The van der Waals surface area contributed by atoms with E-state index < -0.39 is 20.0 Å². The van der Waals surface area contributed by atoms with E-state index in [-0.39, 0.29) is 31.5 Å². The zero-order chi connectivity index (χ0) is 58.6. The summed E-state index contributed by atoms with van der Waals surface area (Å²) in [5, 5.41) is 3.04. The Labute approximate surface area is 497 Å². The van der Waals surface area contributed by atoms with Crippen LogP contribution >= 0.6 is 7.82 Å². The molecule has 0 aliphatic heterocycles. The first kappa shape index (κ1) is 78.2. The average molecular weight is 1150 g/mol. The van der Waals surface area contributed by atoms with Crippen LogP contribution in [0.2, 0.25) is 0 Å². The van der Waals surface area contributed by atoms with Crippen molar-refractivity contribution < 1.29 is 37.3 Å². The van der Waals surface area contributed by atoms with Gasteiger partial charge in [0.1, 0.15) is 19.3 Å². The molecule has 10 heteroatoms. The minimum Gasteiger partial charge on any atom is -0.756 e. The van der Waals surface area contributed by atoms with Crippen molar-refractivity contribution in [3.8, 4) is 0 Å². The lowest BCUT2D eigenvalue weighted by atomic mass is 10.0. The number of esters is 1. The summed E-state index contributed by atoms with van der Waals surface area (Å²) in [5.74, 6) is -0.530. The first-order chi connectivity index (χ1) is 38.9. The van der Waals surface area contributed by atoms with Crippen LogP contribution in [0.5, 0.6) is 0 Å². The van der Waals surface area contributed by atoms with Gasteiger partial charge >= 0.3 is 5.97 Å². The van der Waals surface area contributed by atoms with Crippen molar-refractivity contribution in [1.82, 2.24) is 5.32 Å². The monoisotopic (exact) mass is 1150 g/mol. The van der Waals surface area contributed by atoms with E-state index in [1.165, 1.54) is 244 Å². The number of unbranched alkanes of at least 4 members (excludes halogenated alkanes) is 44.